The second-order valence-electron chi connectivity index (χ2n) is 2.95. The van der Waals surface area contributed by atoms with Crippen LogP contribution in [0.3, 0.4) is 0 Å². The number of ketones is 1. The molecule has 1 unspecified atom stereocenters. The molecule has 1 heterocycles. The van der Waals surface area contributed by atoms with Crippen LogP contribution in [-0.4, -0.2) is 45.5 Å². The highest BCUT2D eigenvalue weighted by Gasteiger charge is 2.44. The Kier molecular flexibility index (Phi) is 2.22. The van der Waals surface area contributed by atoms with Crippen LogP contribution in [0.4, 0.5) is 4.79 Å². The van der Waals surface area contributed by atoms with Crippen molar-refractivity contribution in [3.8, 4) is 0 Å². The third-order valence-electron chi connectivity index (χ3n) is 2.14. The SMILES string of the molecule is CC1C(=O)CN(C(=O)O)[C@@H]1C(=O)O. The second-order valence-corrected chi connectivity index (χ2v) is 2.95. The summed E-state index contributed by atoms with van der Waals surface area (Å²) in [5.74, 6) is -2.39. The van der Waals surface area contributed by atoms with Crippen LogP contribution in [-0.2, 0) is 9.59 Å². The molecule has 1 aliphatic rings. The predicted octanol–water partition coefficient (Wildman–Crippen LogP) is -0.362. The summed E-state index contributed by atoms with van der Waals surface area (Å²) in [7, 11) is 0. The lowest BCUT2D eigenvalue weighted by atomic mass is 10.0. The summed E-state index contributed by atoms with van der Waals surface area (Å²) < 4.78 is 0. The van der Waals surface area contributed by atoms with Gasteiger partial charge in [-0.15, -0.1) is 0 Å². The normalized spacial score (nSPS) is 27.8. The van der Waals surface area contributed by atoms with Crippen LogP contribution in [0.2, 0.25) is 0 Å². The molecule has 1 saturated heterocycles. The molecule has 0 saturated carbocycles. The number of carboxylic acid groups (broad SMARTS) is 2. The predicted molar refractivity (Wildman–Crippen MR) is 40.3 cm³/mol. The number of carbonyl (C=O) groups is 3. The average molecular weight is 187 g/mol. The van der Waals surface area contributed by atoms with E-state index in [0.717, 1.165) is 0 Å². The first-order valence-electron chi connectivity index (χ1n) is 3.70. The molecule has 6 nitrogen and oxygen atoms in total. The summed E-state index contributed by atoms with van der Waals surface area (Å²) in [5.41, 5.74) is 0. The molecule has 1 fully saturated rings. The van der Waals surface area contributed by atoms with E-state index in [1.165, 1.54) is 6.92 Å². The molecule has 0 aromatic carbocycles. The van der Waals surface area contributed by atoms with Crippen molar-refractivity contribution in [1.82, 2.24) is 4.90 Å². The molecule has 0 bridgehead atoms. The van der Waals surface area contributed by atoms with E-state index in [2.05, 4.69) is 0 Å². The molecule has 6 heteroatoms. The molecule has 13 heavy (non-hydrogen) atoms. The van der Waals surface area contributed by atoms with Gasteiger partial charge in [0.2, 0.25) is 0 Å². The second kappa shape index (κ2) is 3.04. The monoisotopic (exact) mass is 187 g/mol. The van der Waals surface area contributed by atoms with Crippen molar-refractivity contribution >= 4 is 17.8 Å². The Balaban J connectivity index is 2.93. The smallest absolute Gasteiger partial charge is 0.408 e. The zero-order valence-electron chi connectivity index (χ0n) is 6.93. The fraction of sp³-hybridized carbons (Fsp3) is 0.571. The summed E-state index contributed by atoms with van der Waals surface area (Å²) in [4.78, 5) is 32.8. The van der Waals surface area contributed by atoms with Gasteiger partial charge in [0.15, 0.2) is 5.78 Å². The van der Waals surface area contributed by atoms with Gasteiger partial charge in [-0.05, 0) is 0 Å². The van der Waals surface area contributed by atoms with Crippen molar-refractivity contribution in [2.24, 2.45) is 5.92 Å². The molecule has 1 amide bonds. The van der Waals surface area contributed by atoms with Gasteiger partial charge in [0.05, 0.1) is 6.54 Å². The molecule has 1 rings (SSSR count). The highest BCUT2D eigenvalue weighted by Crippen LogP contribution is 2.21. The van der Waals surface area contributed by atoms with Crippen LogP contribution in [0, 0.1) is 5.92 Å². The molecule has 0 aromatic rings. The van der Waals surface area contributed by atoms with Crippen molar-refractivity contribution in [2.75, 3.05) is 6.54 Å². The highest BCUT2D eigenvalue weighted by atomic mass is 16.4. The third kappa shape index (κ3) is 1.47. The van der Waals surface area contributed by atoms with Crippen molar-refractivity contribution < 1.29 is 24.6 Å². The van der Waals surface area contributed by atoms with Gasteiger partial charge in [0.25, 0.3) is 0 Å². The molecular formula is C7H9NO5. The van der Waals surface area contributed by atoms with Gasteiger partial charge in [-0.2, -0.15) is 0 Å². The summed E-state index contributed by atoms with van der Waals surface area (Å²) >= 11 is 0. The van der Waals surface area contributed by atoms with Crippen LogP contribution in [0.15, 0.2) is 0 Å². The maximum atomic E-state index is 11.0. The van der Waals surface area contributed by atoms with E-state index in [4.69, 9.17) is 10.2 Å². The summed E-state index contributed by atoms with van der Waals surface area (Å²) in [6.45, 7) is 1.09. The molecule has 0 aliphatic carbocycles. The zero-order valence-corrected chi connectivity index (χ0v) is 6.93. The van der Waals surface area contributed by atoms with Crippen molar-refractivity contribution in [3.05, 3.63) is 0 Å². The molecule has 2 N–H and O–H groups in total. The minimum absolute atomic E-state index is 0.326. The van der Waals surface area contributed by atoms with Crippen molar-refractivity contribution in [3.63, 3.8) is 0 Å². The number of amides is 1. The van der Waals surface area contributed by atoms with E-state index in [0.29, 0.717) is 4.90 Å². The third-order valence-corrected chi connectivity index (χ3v) is 2.14. The van der Waals surface area contributed by atoms with Crippen LogP contribution in [0.25, 0.3) is 0 Å². The zero-order chi connectivity index (χ0) is 10.2. The fourth-order valence-electron chi connectivity index (χ4n) is 1.39. The summed E-state index contributed by atoms with van der Waals surface area (Å²) in [6, 6.07) is -1.23. The Morgan fingerprint density at radius 3 is 2.31 bits per heavy atom. The number of rotatable bonds is 1. The van der Waals surface area contributed by atoms with Gasteiger partial charge in [-0.25, -0.2) is 9.59 Å². The van der Waals surface area contributed by atoms with E-state index in [9.17, 15) is 14.4 Å². The number of carbonyl (C=O) groups excluding carboxylic acids is 1. The lowest BCUT2D eigenvalue weighted by Gasteiger charge is -2.18. The van der Waals surface area contributed by atoms with E-state index in [-0.39, 0.29) is 12.3 Å². The van der Waals surface area contributed by atoms with Gasteiger partial charge >= 0.3 is 12.1 Å². The highest BCUT2D eigenvalue weighted by molar-refractivity contribution is 5.96. The van der Waals surface area contributed by atoms with Crippen molar-refractivity contribution in [1.29, 1.82) is 0 Å². The first kappa shape index (κ1) is 9.50. The number of Topliss-reactive ketones (excluding diaryl/α,β-unsaturated/α-hetero) is 1. The number of carboxylic acids is 1. The minimum Gasteiger partial charge on any atom is -0.480 e. The topological polar surface area (TPSA) is 94.9 Å². The van der Waals surface area contributed by atoms with Gasteiger partial charge < -0.3 is 10.2 Å². The Bertz CT molecular complexity index is 274. The Labute approximate surface area is 73.8 Å². The van der Waals surface area contributed by atoms with Crippen LogP contribution >= 0.6 is 0 Å². The molecule has 1 aliphatic heterocycles. The largest absolute Gasteiger partial charge is 0.480 e. The lowest BCUT2D eigenvalue weighted by molar-refractivity contribution is -0.143. The van der Waals surface area contributed by atoms with Gasteiger partial charge in [-0.3, -0.25) is 9.69 Å². The quantitative estimate of drug-likeness (QED) is 0.584. The molecule has 0 spiro atoms. The molecular weight excluding hydrogens is 178 g/mol. The Morgan fingerprint density at radius 2 is 2.00 bits per heavy atom. The van der Waals surface area contributed by atoms with Crippen LogP contribution < -0.4 is 0 Å². The standard InChI is InChI=1S/C7H9NO5/c1-3-4(9)2-8(7(12)13)5(3)6(10)11/h3,5H,2H2,1H3,(H,10,11)(H,12,13)/t3?,5-/m0/s1. The van der Waals surface area contributed by atoms with E-state index >= 15 is 0 Å². The van der Waals surface area contributed by atoms with Gasteiger partial charge in [-0.1, -0.05) is 6.92 Å². The number of hydrogen-bond acceptors (Lipinski definition) is 3. The van der Waals surface area contributed by atoms with Gasteiger partial charge in [0, 0.05) is 5.92 Å². The first-order chi connectivity index (χ1) is 5.95. The number of likely N-dealkylation sites (tertiary alicyclic amines) is 1. The first-order valence-corrected chi connectivity index (χ1v) is 3.70. The maximum absolute atomic E-state index is 11.0. The molecule has 0 aromatic heterocycles. The minimum atomic E-state index is -1.37. The lowest BCUT2D eigenvalue weighted by Crippen LogP contribution is -2.41. The Hall–Kier alpha value is -1.59. The summed E-state index contributed by atoms with van der Waals surface area (Å²) in [6.07, 6.45) is -1.37. The van der Waals surface area contributed by atoms with E-state index in [1.54, 1.807) is 0 Å². The van der Waals surface area contributed by atoms with Crippen LogP contribution in [0.5, 0.6) is 0 Å². The number of nitrogens with zero attached hydrogens (tertiary/aromatic N) is 1. The van der Waals surface area contributed by atoms with E-state index in [1.807, 2.05) is 0 Å². The number of aliphatic carboxylic acids is 1. The number of hydrogen-bond donors (Lipinski definition) is 2. The summed E-state index contributed by atoms with van der Waals surface area (Å²) in [5, 5.41) is 17.2. The average Bonchev–Trinajstić information content (AvgIpc) is 2.28. The Morgan fingerprint density at radius 1 is 1.46 bits per heavy atom. The molecule has 72 valence electrons. The maximum Gasteiger partial charge on any atom is 0.408 e. The fourth-order valence-corrected chi connectivity index (χ4v) is 1.39. The molecule has 0 radical (unpaired) electrons. The van der Waals surface area contributed by atoms with E-state index < -0.39 is 24.0 Å². The molecule has 2 atom stereocenters. The van der Waals surface area contributed by atoms with Crippen LogP contribution in [0.1, 0.15) is 6.92 Å². The van der Waals surface area contributed by atoms with Gasteiger partial charge in [0.1, 0.15) is 6.04 Å². The van der Waals surface area contributed by atoms with Crippen molar-refractivity contribution in [2.45, 2.75) is 13.0 Å².